The Hall–Kier alpha value is -6.97. The van der Waals surface area contributed by atoms with Crippen molar-refractivity contribution in [2.24, 2.45) is 0 Å². The van der Waals surface area contributed by atoms with Crippen molar-refractivity contribution < 1.29 is 0 Å². The van der Waals surface area contributed by atoms with Crippen LogP contribution in [0.15, 0.2) is 175 Å². The van der Waals surface area contributed by atoms with Crippen molar-refractivity contribution in [1.82, 2.24) is 8.97 Å². The Morgan fingerprint density at radius 3 is 1.95 bits per heavy atom. The highest BCUT2D eigenvalue weighted by Gasteiger charge is 2.36. The first kappa shape index (κ1) is 30.5. The van der Waals surface area contributed by atoms with E-state index in [0.717, 1.165) is 65.9 Å². The minimum absolute atomic E-state index is 0.0205. The first-order valence-corrected chi connectivity index (χ1v) is 19.1. The summed E-state index contributed by atoms with van der Waals surface area (Å²) in [7, 11) is 0. The number of fused-ring (bicyclic) bond motifs is 11. The summed E-state index contributed by atoms with van der Waals surface area (Å²) < 4.78 is 4.37. The molecule has 0 aliphatic heterocycles. The normalized spacial score (nSPS) is 13.5. The molecule has 0 atom stereocenters. The maximum absolute atomic E-state index is 14.3. The summed E-state index contributed by atoms with van der Waals surface area (Å²) in [5.74, 6) is 0. The van der Waals surface area contributed by atoms with Crippen LogP contribution in [0.4, 0.5) is 0 Å². The molecule has 1 aliphatic rings. The molecule has 1 aliphatic carbocycles. The Morgan fingerprint density at radius 1 is 0.400 bits per heavy atom. The van der Waals surface area contributed by atoms with Crippen molar-refractivity contribution in [3.63, 3.8) is 0 Å². The fraction of sp³-hybridized carbons (Fsp3) is 0.0577. The Morgan fingerprint density at radius 2 is 1.05 bits per heavy atom. The molecule has 0 saturated carbocycles. The van der Waals surface area contributed by atoms with Gasteiger partial charge in [0.25, 0.3) is 5.56 Å². The van der Waals surface area contributed by atoms with Gasteiger partial charge in [-0.25, -0.2) is 0 Å². The van der Waals surface area contributed by atoms with Crippen molar-refractivity contribution in [1.29, 1.82) is 0 Å². The molecule has 0 saturated heterocycles. The van der Waals surface area contributed by atoms with E-state index >= 15 is 0 Å². The molecular formula is C52H34N2O. The van der Waals surface area contributed by atoms with E-state index in [-0.39, 0.29) is 11.0 Å². The van der Waals surface area contributed by atoms with Crippen LogP contribution in [-0.4, -0.2) is 8.97 Å². The van der Waals surface area contributed by atoms with Gasteiger partial charge in [-0.2, -0.15) is 0 Å². The van der Waals surface area contributed by atoms with E-state index in [1.54, 1.807) is 0 Å². The summed E-state index contributed by atoms with van der Waals surface area (Å²) in [6.07, 6.45) is 0. The maximum atomic E-state index is 14.3. The summed E-state index contributed by atoms with van der Waals surface area (Å²) in [5.41, 5.74) is 15.3. The standard InChI is InChI=1S/C52H34N2O/c1-52(2)45-20-8-6-16-36(45)42-29-44-37-17-7-9-21-47(37)53(49(44)30-46(42)52)35-15-10-14-32(26-35)34-23-25-48-43(28-34)39-19-11-18-38-41-27-33(31-12-4-3-5-13-31)22-24-40(41)51(55)54(48)50(38)39/h3-30H,1-2H3. The second-order valence-corrected chi connectivity index (χ2v) is 15.7. The van der Waals surface area contributed by atoms with Crippen molar-refractivity contribution in [2.45, 2.75) is 19.3 Å². The quantitative estimate of drug-likeness (QED) is 0.168. The monoisotopic (exact) mass is 702 g/mol. The molecule has 8 aromatic carbocycles. The largest absolute Gasteiger partial charge is 0.309 e. The molecule has 0 amide bonds. The van der Waals surface area contributed by atoms with Gasteiger partial charge < -0.3 is 4.57 Å². The Balaban J connectivity index is 1.05. The molecule has 0 N–H and O–H groups in total. The molecule has 55 heavy (non-hydrogen) atoms. The first-order chi connectivity index (χ1) is 27.0. The molecule has 3 heteroatoms. The van der Waals surface area contributed by atoms with Crippen LogP contribution in [0.3, 0.4) is 0 Å². The Bertz CT molecular complexity index is 3470. The summed E-state index contributed by atoms with van der Waals surface area (Å²) in [4.78, 5) is 14.3. The smallest absolute Gasteiger partial charge is 0.263 e. The van der Waals surface area contributed by atoms with Gasteiger partial charge in [0.05, 0.1) is 22.1 Å². The van der Waals surface area contributed by atoms with E-state index in [2.05, 4.69) is 176 Å². The van der Waals surface area contributed by atoms with Crippen LogP contribution in [0.2, 0.25) is 0 Å². The fourth-order valence-corrected chi connectivity index (χ4v) is 9.83. The van der Waals surface area contributed by atoms with Gasteiger partial charge in [0.1, 0.15) is 0 Å². The third-order valence-electron chi connectivity index (χ3n) is 12.5. The minimum atomic E-state index is -0.0912. The van der Waals surface area contributed by atoms with Gasteiger partial charge in [-0.05, 0) is 104 Å². The van der Waals surface area contributed by atoms with Gasteiger partial charge in [-0.15, -0.1) is 0 Å². The van der Waals surface area contributed by atoms with Crippen molar-refractivity contribution in [2.75, 3.05) is 0 Å². The van der Waals surface area contributed by atoms with Crippen LogP contribution in [-0.2, 0) is 5.41 Å². The van der Waals surface area contributed by atoms with Crippen molar-refractivity contribution >= 4 is 59.8 Å². The fourth-order valence-electron chi connectivity index (χ4n) is 9.83. The summed E-state index contributed by atoms with van der Waals surface area (Å²) in [6.45, 7) is 4.70. The Labute approximate surface area is 317 Å². The molecule has 0 unspecified atom stereocenters. The second kappa shape index (κ2) is 10.8. The first-order valence-electron chi connectivity index (χ1n) is 19.1. The average Bonchev–Trinajstić information content (AvgIpc) is 3.82. The predicted molar refractivity (Wildman–Crippen MR) is 230 cm³/mol. The SMILES string of the molecule is CC1(C)c2ccccc2-c2cc3c4ccccc4n(-c4cccc(-c5ccc6c(c5)c5cccc7c8cc(-c9ccccc9)ccc8c(=O)n6c75)c4)c3cc21. The highest BCUT2D eigenvalue weighted by molar-refractivity contribution is 6.21. The number of rotatable bonds is 3. The lowest BCUT2D eigenvalue weighted by molar-refractivity contribution is 0.661. The van der Waals surface area contributed by atoms with Gasteiger partial charge in [0, 0.05) is 43.4 Å². The van der Waals surface area contributed by atoms with Crippen LogP contribution in [0, 0.1) is 0 Å². The number of para-hydroxylation sites is 2. The van der Waals surface area contributed by atoms with E-state index in [4.69, 9.17) is 0 Å². The molecule has 0 bridgehead atoms. The molecule has 3 heterocycles. The second-order valence-electron chi connectivity index (χ2n) is 15.7. The molecule has 0 spiro atoms. The van der Waals surface area contributed by atoms with Gasteiger partial charge in [-0.3, -0.25) is 9.20 Å². The zero-order valence-electron chi connectivity index (χ0n) is 30.5. The molecule has 3 aromatic heterocycles. The third kappa shape index (κ3) is 4.07. The molecular weight excluding hydrogens is 669 g/mol. The van der Waals surface area contributed by atoms with Crippen LogP contribution in [0.5, 0.6) is 0 Å². The minimum Gasteiger partial charge on any atom is -0.309 e. The molecule has 0 radical (unpaired) electrons. The molecule has 11 aromatic rings. The number of pyridine rings is 1. The number of aromatic nitrogens is 2. The number of hydrogen-bond donors (Lipinski definition) is 0. The summed E-state index contributed by atoms with van der Waals surface area (Å²) >= 11 is 0. The van der Waals surface area contributed by atoms with E-state index in [0.29, 0.717) is 0 Å². The van der Waals surface area contributed by atoms with E-state index in [1.807, 2.05) is 16.5 Å². The molecule has 0 fully saturated rings. The predicted octanol–water partition coefficient (Wildman–Crippen LogP) is 12.9. The molecule has 258 valence electrons. The zero-order valence-corrected chi connectivity index (χ0v) is 30.5. The van der Waals surface area contributed by atoms with E-state index in [1.165, 1.54) is 44.1 Å². The highest BCUT2D eigenvalue weighted by Crippen LogP contribution is 2.51. The van der Waals surface area contributed by atoms with Crippen molar-refractivity contribution in [3.05, 3.63) is 191 Å². The van der Waals surface area contributed by atoms with E-state index in [9.17, 15) is 4.79 Å². The molecule has 12 rings (SSSR count). The van der Waals surface area contributed by atoms with Crippen LogP contribution >= 0.6 is 0 Å². The summed E-state index contributed by atoms with van der Waals surface area (Å²) in [6, 6.07) is 61.1. The van der Waals surface area contributed by atoms with Crippen molar-refractivity contribution in [3.8, 4) is 39.1 Å². The summed E-state index contributed by atoms with van der Waals surface area (Å²) in [5, 5.41) is 7.51. The van der Waals surface area contributed by atoms with Gasteiger partial charge in [-0.1, -0.05) is 129 Å². The zero-order chi connectivity index (χ0) is 36.6. The average molecular weight is 703 g/mol. The van der Waals surface area contributed by atoms with E-state index < -0.39 is 0 Å². The lowest BCUT2D eigenvalue weighted by atomic mass is 9.82. The number of benzene rings is 8. The van der Waals surface area contributed by atoms with Gasteiger partial charge in [0.2, 0.25) is 0 Å². The lowest BCUT2D eigenvalue weighted by Crippen LogP contribution is -2.14. The third-order valence-corrected chi connectivity index (χ3v) is 12.5. The van der Waals surface area contributed by atoms with Crippen LogP contribution in [0.25, 0.3) is 98.8 Å². The lowest BCUT2D eigenvalue weighted by Gasteiger charge is -2.21. The van der Waals surface area contributed by atoms with Gasteiger partial charge in [0.15, 0.2) is 0 Å². The highest BCUT2D eigenvalue weighted by atomic mass is 16.1. The number of hydrogen-bond acceptors (Lipinski definition) is 1. The van der Waals surface area contributed by atoms with Gasteiger partial charge >= 0.3 is 0 Å². The van der Waals surface area contributed by atoms with Crippen LogP contribution < -0.4 is 5.56 Å². The Kier molecular flexibility index (Phi) is 5.99. The topological polar surface area (TPSA) is 26.4 Å². The number of nitrogens with zero attached hydrogens (tertiary/aromatic N) is 2. The van der Waals surface area contributed by atoms with Crippen LogP contribution in [0.1, 0.15) is 25.0 Å². The maximum Gasteiger partial charge on any atom is 0.263 e. The molecule has 3 nitrogen and oxygen atoms in total.